The van der Waals surface area contributed by atoms with Crippen molar-refractivity contribution in [2.75, 3.05) is 0 Å². The van der Waals surface area contributed by atoms with Gasteiger partial charge in [0.2, 0.25) is 0 Å². The van der Waals surface area contributed by atoms with Gasteiger partial charge < -0.3 is 0 Å². The largest absolute Gasteiger partial charge is 0.119 e. The molecule has 0 bridgehead atoms. The topological polar surface area (TPSA) is 0 Å². The van der Waals surface area contributed by atoms with E-state index in [0.29, 0.717) is 0 Å². The van der Waals surface area contributed by atoms with E-state index in [9.17, 15) is 0 Å². The summed E-state index contributed by atoms with van der Waals surface area (Å²) in [6.07, 6.45) is 0. The number of benzene rings is 4. The van der Waals surface area contributed by atoms with Crippen LogP contribution in [-0.2, 0) is 0 Å². The van der Waals surface area contributed by atoms with E-state index >= 15 is 0 Å². The van der Waals surface area contributed by atoms with Gasteiger partial charge in [0, 0.05) is 0 Å². The van der Waals surface area contributed by atoms with Crippen molar-refractivity contribution >= 4 is 36.9 Å². The fraction of sp³-hybridized carbons (Fsp3) is 0.133. The number of rotatable bonds is 8. The highest BCUT2D eigenvalue weighted by molar-refractivity contribution is 7.03. The highest BCUT2D eigenvalue weighted by Gasteiger charge is 2.36. The molecule has 0 aliphatic carbocycles. The summed E-state index contributed by atoms with van der Waals surface area (Å²) < 4.78 is 0. The zero-order valence-corrected chi connectivity index (χ0v) is 21.2. The second-order valence-electron chi connectivity index (χ2n) is 9.23. The molecule has 0 fully saturated rings. The normalized spacial score (nSPS) is 11.8. The summed E-state index contributed by atoms with van der Waals surface area (Å²) in [5, 5.41) is 5.93. The van der Waals surface area contributed by atoms with Gasteiger partial charge in [-0.3, -0.25) is 0 Å². The smallest absolute Gasteiger partial charge is 0.100 e. The Balaban J connectivity index is 1.70. The van der Waals surface area contributed by atoms with Crippen LogP contribution < -0.4 is 20.7 Å². The Morgan fingerprint density at radius 1 is 0.469 bits per heavy atom. The van der Waals surface area contributed by atoms with Crippen LogP contribution >= 0.6 is 0 Å². The van der Waals surface area contributed by atoms with Crippen molar-refractivity contribution in [3.63, 3.8) is 0 Å². The van der Waals surface area contributed by atoms with Crippen molar-refractivity contribution in [1.29, 1.82) is 0 Å². The first-order valence-electron chi connectivity index (χ1n) is 11.4. The molecular formula is C30H32Si2. The average Bonchev–Trinajstić information content (AvgIpc) is 2.86. The Morgan fingerprint density at radius 2 is 0.688 bits per heavy atom. The molecule has 0 unspecified atom stereocenters. The van der Waals surface area contributed by atoms with E-state index in [4.69, 9.17) is 6.58 Å². The van der Waals surface area contributed by atoms with Gasteiger partial charge in [-0.25, -0.2) is 0 Å². The molecule has 0 aliphatic rings. The fourth-order valence-corrected chi connectivity index (χ4v) is 12.7. The lowest BCUT2D eigenvalue weighted by Crippen LogP contribution is -2.58. The van der Waals surface area contributed by atoms with Crippen molar-refractivity contribution in [2.24, 2.45) is 0 Å². The lowest BCUT2D eigenvalue weighted by atomic mass is 10.3. The second kappa shape index (κ2) is 9.68. The van der Waals surface area contributed by atoms with Gasteiger partial charge in [0.25, 0.3) is 0 Å². The summed E-state index contributed by atoms with van der Waals surface area (Å²) in [7, 11) is -3.89. The number of hydrogen-bond donors (Lipinski definition) is 0. The van der Waals surface area contributed by atoms with Crippen molar-refractivity contribution < 1.29 is 0 Å². The first-order valence-corrected chi connectivity index (χ1v) is 16.8. The maximum Gasteiger partial charge on any atom is 0.119 e. The Morgan fingerprint density at radius 3 is 0.906 bits per heavy atom. The Labute approximate surface area is 195 Å². The quantitative estimate of drug-likeness (QED) is 0.252. The van der Waals surface area contributed by atoms with Crippen LogP contribution in [0.2, 0.25) is 25.2 Å². The van der Waals surface area contributed by atoms with Crippen LogP contribution in [0.3, 0.4) is 0 Å². The minimum Gasteiger partial charge on any atom is -0.100 e. The maximum atomic E-state index is 4.70. The fourth-order valence-electron chi connectivity index (χ4n) is 5.03. The molecule has 160 valence electrons. The van der Waals surface area contributed by atoms with Crippen LogP contribution in [0.5, 0.6) is 0 Å². The summed E-state index contributed by atoms with van der Waals surface area (Å²) in [6.45, 7) is 9.71. The number of hydrogen-bond acceptors (Lipinski definition) is 0. The van der Waals surface area contributed by atoms with Gasteiger partial charge in [-0.05, 0) is 12.1 Å². The van der Waals surface area contributed by atoms with Gasteiger partial charge in [0.1, 0.15) is 16.1 Å². The lowest BCUT2D eigenvalue weighted by molar-refractivity contribution is 1.31. The highest BCUT2D eigenvalue weighted by Crippen LogP contribution is 2.25. The third kappa shape index (κ3) is 4.62. The van der Waals surface area contributed by atoms with Gasteiger partial charge in [-0.1, -0.05) is 161 Å². The predicted octanol–water partition coefficient (Wildman–Crippen LogP) is 5.33. The minimum atomic E-state index is -1.94. The van der Waals surface area contributed by atoms with E-state index in [1.807, 2.05) is 0 Å². The molecule has 0 atom stereocenters. The zero-order chi connectivity index (χ0) is 22.4. The van der Waals surface area contributed by atoms with Crippen molar-refractivity contribution in [3.8, 4) is 0 Å². The van der Waals surface area contributed by atoms with Crippen molar-refractivity contribution in [1.82, 2.24) is 0 Å². The molecular weight excluding hydrogens is 417 g/mol. The molecule has 0 spiro atoms. The maximum absolute atomic E-state index is 4.70. The molecule has 2 heteroatoms. The number of allylic oxidation sites excluding steroid dienone is 1. The molecule has 4 aromatic carbocycles. The van der Waals surface area contributed by atoms with Crippen LogP contribution in [0.25, 0.3) is 0 Å². The van der Waals surface area contributed by atoms with Crippen LogP contribution in [0.15, 0.2) is 133 Å². The first kappa shape index (κ1) is 22.3. The lowest BCUT2D eigenvalue weighted by Gasteiger charge is -2.34. The first-order chi connectivity index (χ1) is 15.5. The highest BCUT2D eigenvalue weighted by atomic mass is 28.3. The van der Waals surface area contributed by atoms with Crippen LogP contribution in [-0.4, -0.2) is 16.1 Å². The van der Waals surface area contributed by atoms with Crippen LogP contribution in [0.4, 0.5) is 0 Å². The molecule has 0 aromatic heterocycles. The molecule has 4 rings (SSSR count). The van der Waals surface area contributed by atoms with E-state index in [1.165, 1.54) is 26.3 Å². The summed E-state index contributed by atoms with van der Waals surface area (Å²) in [6, 6.07) is 46.6. The third-order valence-corrected chi connectivity index (χ3v) is 15.7. The standard InChI is InChI=1S/C30H32Si2/c1-26(24-31(2,27-16-8-4-9-17-27)28-18-10-5-11-19-28)25-32(3,29-20-12-6-13-21-29)30-22-14-7-15-23-30/h4-23H,1,24-25H2,2-3H3. The van der Waals surface area contributed by atoms with Gasteiger partial charge in [0.15, 0.2) is 0 Å². The Kier molecular flexibility index (Phi) is 6.73. The molecule has 0 saturated carbocycles. The molecule has 0 aliphatic heterocycles. The summed E-state index contributed by atoms with van der Waals surface area (Å²) in [4.78, 5) is 0. The molecule has 0 amide bonds. The molecule has 0 radical (unpaired) electrons. The van der Waals surface area contributed by atoms with Crippen molar-refractivity contribution in [2.45, 2.75) is 25.2 Å². The van der Waals surface area contributed by atoms with E-state index in [1.54, 1.807) is 0 Å². The van der Waals surface area contributed by atoms with E-state index in [-0.39, 0.29) is 0 Å². The molecule has 4 aromatic rings. The molecule has 0 N–H and O–H groups in total. The molecule has 0 saturated heterocycles. The minimum absolute atomic E-state index is 1.07. The SMILES string of the molecule is C=C(C[Si](C)(c1ccccc1)c1ccccc1)C[Si](C)(c1ccccc1)c1ccccc1. The molecule has 0 nitrogen and oxygen atoms in total. The van der Waals surface area contributed by atoms with E-state index in [0.717, 1.165) is 12.1 Å². The van der Waals surface area contributed by atoms with Gasteiger partial charge in [0.05, 0.1) is 0 Å². The second-order valence-corrected chi connectivity index (χ2v) is 17.6. The Hall–Kier alpha value is -2.95. The van der Waals surface area contributed by atoms with Gasteiger partial charge in [-0.15, -0.1) is 6.58 Å². The predicted molar refractivity (Wildman–Crippen MR) is 146 cm³/mol. The van der Waals surface area contributed by atoms with Crippen LogP contribution in [0.1, 0.15) is 0 Å². The van der Waals surface area contributed by atoms with Crippen molar-refractivity contribution in [3.05, 3.63) is 133 Å². The monoisotopic (exact) mass is 448 g/mol. The van der Waals surface area contributed by atoms with E-state index in [2.05, 4.69) is 134 Å². The molecule has 0 heterocycles. The van der Waals surface area contributed by atoms with Gasteiger partial charge >= 0.3 is 0 Å². The Bertz CT molecular complexity index is 965. The summed E-state index contributed by atoms with van der Waals surface area (Å²) in [5.74, 6) is 0. The van der Waals surface area contributed by atoms with Gasteiger partial charge in [-0.2, -0.15) is 0 Å². The average molecular weight is 449 g/mol. The summed E-state index contributed by atoms with van der Waals surface area (Å²) in [5.41, 5.74) is 1.38. The molecule has 32 heavy (non-hydrogen) atoms. The zero-order valence-electron chi connectivity index (χ0n) is 19.2. The third-order valence-electron chi connectivity index (χ3n) is 6.85. The van der Waals surface area contributed by atoms with Crippen LogP contribution in [0, 0.1) is 0 Å². The van der Waals surface area contributed by atoms with E-state index < -0.39 is 16.1 Å². The summed E-state index contributed by atoms with van der Waals surface area (Å²) >= 11 is 0.